The van der Waals surface area contributed by atoms with Gasteiger partial charge in [0.15, 0.2) is 0 Å². The Labute approximate surface area is 110 Å². The van der Waals surface area contributed by atoms with Gasteiger partial charge in [-0.1, -0.05) is 0 Å². The van der Waals surface area contributed by atoms with Crippen molar-refractivity contribution in [3.63, 3.8) is 0 Å². The first kappa shape index (κ1) is 16.6. The van der Waals surface area contributed by atoms with Gasteiger partial charge in [0, 0.05) is 0 Å². The predicted molar refractivity (Wildman–Crippen MR) is 48.7 cm³/mol. The van der Waals surface area contributed by atoms with Crippen molar-refractivity contribution in [2.45, 2.75) is 33.0 Å². The van der Waals surface area contributed by atoms with Crippen molar-refractivity contribution in [1.82, 2.24) is 0 Å². The molecule has 0 aromatic heterocycles. The van der Waals surface area contributed by atoms with E-state index in [4.69, 9.17) is 0 Å². The molecule has 0 nitrogen and oxygen atoms in total. The van der Waals surface area contributed by atoms with Crippen LogP contribution in [0.25, 0.3) is 0 Å². The van der Waals surface area contributed by atoms with E-state index in [9.17, 15) is 0 Å². The Morgan fingerprint density at radius 2 is 1.69 bits per heavy atom. The molecule has 0 aliphatic heterocycles. The molecule has 73 valence electrons. The van der Waals surface area contributed by atoms with Gasteiger partial charge in [-0.05, 0) is 0 Å². The molecule has 1 rings (SSSR count). The van der Waals surface area contributed by atoms with Gasteiger partial charge < -0.3 is 24.8 Å². The molecule has 13 heavy (non-hydrogen) atoms. The minimum Gasteiger partial charge on any atom is -1.00 e. The third-order valence-corrected chi connectivity index (χ3v) is 6.51. The van der Waals surface area contributed by atoms with E-state index in [-0.39, 0.29) is 24.8 Å². The molecule has 0 heterocycles. The first-order valence-corrected chi connectivity index (χ1v) is 8.78. The maximum atomic E-state index is 2.45. The van der Waals surface area contributed by atoms with Crippen LogP contribution in [0.15, 0.2) is 20.1 Å². The van der Waals surface area contributed by atoms with Gasteiger partial charge in [-0.15, -0.1) is 0 Å². The van der Waals surface area contributed by atoms with Gasteiger partial charge in [-0.25, -0.2) is 0 Å². The fourth-order valence-electron chi connectivity index (χ4n) is 1.37. The molecule has 0 N–H and O–H groups in total. The van der Waals surface area contributed by atoms with Crippen LogP contribution in [-0.4, -0.2) is 8.07 Å². The van der Waals surface area contributed by atoms with Crippen LogP contribution in [0.1, 0.15) is 13.3 Å². The van der Waals surface area contributed by atoms with Crippen LogP contribution in [0.5, 0.6) is 0 Å². The molecule has 1 aliphatic rings. The summed E-state index contributed by atoms with van der Waals surface area (Å²) in [5.74, 6) is 0. The first-order chi connectivity index (χ1) is 4.93. The second-order valence-corrected chi connectivity index (χ2v) is 10.5. The smallest absolute Gasteiger partial charge is 1.00 e. The van der Waals surface area contributed by atoms with Crippen LogP contribution >= 0.6 is 0 Å². The van der Waals surface area contributed by atoms with Gasteiger partial charge in [0.05, 0.1) is 0 Å². The molecular formula is C9H15Cl2SiZr. The molecule has 0 spiro atoms. The van der Waals surface area contributed by atoms with E-state index in [0.29, 0.717) is 0 Å². The number of halogens is 2. The van der Waals surface area contributed by atoms with E-state index in [0.717, 1.165) is 0 Å². The predicted octanol–water partition coefficient (Wildman–Crippen LogP) is -2.98. The van der Waals surface area contributed by atoms with Crippen LogP contribution in [0.3, 0.4) is 0 Å². The molecule has 0 aromatic carbocycles. The molecular weight excluding hydrogens is 298 g/mol. The normalized spacial score (nSPS) is 16.3. The van der Waals surface area contributed by atoms with Crippen molar-refractivity contribution in [3.05, 3.63) is 20.1 Å². The van der Waals surface area contributed by atoms with Crippen LogP contribution < -0.4 is 24.8 Å². The monoisotopic (exact) mass is 311 g/mol. The summed E-state index contributed by atoms with van der Waals surface area (Å²) < 4.78 is 1.66. The maximum absolute atomic E-state index is 2.45. The van der Waals surface area contributed by atoms with E-state index in [1.54, 1.807) is 38.8 Å². The van der Waals surface area contributed by atoms with E-state index < -0.39 is 8.07 Å². The topological polar surface area (TPSA) is 0 Å². The fourth-order valence-corrected chi connectivity index (χ4v) is 6.32. The summed E-state index contributed by atoms with van der Waals surface area (Å²) in [5.41, 5.74) is 1.61. The van der Waals surface area contributed by atoms with Crippen LogP contribution in [0.2, 0.25) is 19.6 Å². The van der Waals surface area contributed by atoms with Gasteiger partial charge in [0.25, 0.3) is 0 Å². The van der Waals surface area contributed by atoms with Gasteiger partial charge in [-0.2, -0.15) is 0 Å². The second-order valence-electron chi connectivity index (χ2n) is 4.23. The largest absolute Gasteiger partial charge is 1.00 e. The Hall–Kier alpha value is 1.16. The number of hydrogen-bond donors (Lipinski definition) is 0. The molecule has 1 aliphatic carbocycles. The fraction of sp³-hybridized carbons (Fsp3) is 0.556. The molecule has 0 saturated carbocycles. The third kappa shape index (κ3) is 4.03. The minimum absolute atomic E-state index is 0. The third-order valence-electron chi connectivity index (χ3n) is 2.12. The van der Waals surface area contributed by atoms with Gasteiger partial charge in [0.2, 0.25) is 0 Å². The zero-order chi connectivity index (χ0) is 8.65. The summed E-state index contributed by atoms with van der Waals surface area (Å²) >= 11 is 1.61. The van der Waals surface area contributed by atoms with Crippen molar-refractivity contribution >= 4 is 8.07 Å². The molecule has 4 heteroatoms. The van der Waals surface area contributed by atoms with Crippen molar-refractivity contribution in [2.75, 3.05) is 0 Å². The van der Waals surface area contributed by atoms with Crippen molar-refractivity contribution in [1.29, 1.82) is 0 Å². The van der Waals surface area contributed by atoms with Crippen LogP contribution in [0, 0.1) is 0 Å². The maximum Gasteiger partial charge on any atom is -1.00 e. The summed E-state index contributed by atoms with van der Waals surface area (Å²) in [6.07, 6.45) is 3.67. The number of rotatable bonds is 1. The average Bonchev–Trinajstić information content (AvgIpc) is 2.11. The standard InChI is InChI=1S/C9H15Si.2ClH.Zr/c1-8-5-6-9(7-8)10(2,3)4;;;/h6H,5H2,1-4H3;2*1H;/q;;;+2/p-2. The van der Waals surface area contributed by atoms with E-state index in [1.807, 2.05) is 0 Å². The van der Waals surface area contributed by atoms with E-state index >= 15 is 0 Å². The van der Waals surface area contributed by atoms with Gasteiger partial charge >= 0.3 is 85.9 Å². The number of hydrogen-bond acceptors (Lipinski definition) is 0. The zero-order valence-electron chi connectivity index (χ0n) is 8.54. The quantitative estimate of drug-likeness (QED) is 0.454. The zero-order valence-corrected chi connectivity index (χ0v) is 13.5. The Balaban J connectivity index is 0. The average molecular weight is 313 g/mol. The molecule has 0 saturated heterocycles. The van der Waals surface area contributed by atoms with Crippen molar-refractivity contribution < 1.29 is 49.5 Å². The molecule has 0 bridgehead atoms. The van der Waals surface area contributed by atoms with Crippen molar-refractivity contribution in [2.24, 2.45) is 0 Å². The first-order valence-electron chi connectivity index (χ1n) is 4.05. The summed E-state index contributed by atoms with van der Waals surface area (Å²) in [4.78, 5) is 0. The van der Waals surface area contributed by atoms with Crippen molar-refractivity contribution in [3.8, 4) is 0 Å². The minimum atomic E-state index is -1.00. The molecule has 0 amide bonds. The molecule has 0 fully saturated rings. The number of allylic oxidation sites excluding steroid dienone is 4. The van der Waals surface area contributed by atoms with Crippen LogP contribution in [0.4, 0.5) is 0 Å². The summed E-state index contributed by atoms with van der Waals surface area (Å²) in [6.45, 7) is 9.57. The van der Waals surface area contributed by atoms with Gasteiger partial charge in [0.1, 0.15) is 0 Å². The summed E-state index contributed by atoms with van der Waals surface area (Å²) in [6, 6.07) is 0. The van der Waals surface area contributed by atoms with E-state index in [2.05, 4.69) is 32.6 Å². The van der Waals surface area contributed by atoms with E-state index in [1.165, 1.54) is 6.42 Å². The SMILES string of the molecule is CC1=[C]([Zr+2])C([Si](C)(C)C)=CC1.[Cl-].[Cl-]. The molecule has 0 unspecified atom stereocenters. The molecule has 0 aromatic rings. The summed E-state index contributed by atoms with van der Waals surface area (Å²) in [7, 11) is -1.00. The Morgan fingerprint density at radius 3 is 1.85 bits per heavy atom. The molecule has 0 atom stereocenters. The Morgan fingerprint density at radius 1 is 1.23 bits per heavy atom. The summed E-state index contributed by atoms with van der Waals surface area (Å²) in [5, 5.41) is 1.72. The Kier molecular flexibility index (Phi) is 7.53. The van der Waals surface area contributed by atoms with Crippen LogP contribution in [-0.2, 0) is 24.7 Å². The second kappa shape index (κ2) is 5.90. The van der Waals surface area contributed by atoms with Gasteiger partial charge in [-0.3, -0.25) is 0 Å². The Bertz CT molecular complexity index is 238. The molecule has 0 radical (unpaired) electrons.